The SMILES string of the molecule is Cc1ccc(-c2cc(Nc3ccc(N4CCN(C)CC4)cn3)c(=O)n(C)c2)c(Cl)c1NC(=O)c1cc2c(s1)C1CCC2C1. The van der Waals surface area contributed by atoms with Crippen molar-refractivity contribution in [1.82, 2.24) is 14.5 Å². The first-order valence-corrected chi connectivity index (χ1v) is 16.1. The number of likely N-dealkylation sites (N-methyl/N-ethyl adjacent to an activating group) is 1. The summed E-state index contributed by atoms with van der Waals surface area (Å²) in [5, 5.41) is 6.75. The van der Waals surface area contributed by atoms with E-state index in [0.717, 1.165) is 53.4 Å². The van der Waals surface area contributed by atoms with Crippen LogP contribution in [-0.2, 0) is 7.05 Å². The lowest BCUT2D eigenvalue weighted by Crippen LogP contribution is -2.44. The second-order valence-corrected chi connectivity index (χ2v) is 13.5. The average Bonchev–Trinajstić information content (AvgIpc) is 3.73. The van der Waals surface area contributed by atoms with Gasteiger partial charge in [-0.2, -0.15) is 0 Å². The van der Waals surface area contributed by atoms with E-state index >= 15 is 0 Å². The van der Waals surface area contributed by atoms with Crippen molar-refractivity contribution in [2.24, 2.45) is 7.05 Å². The number of hydrogen-bond donors (Lipinski definition) is 2. The number of nitrogens with zero attached hydrogens (tertiary/aromatic N) is 4. The van der Waals surface area contributed by atoms with Crippen molar-refractivity contribution < 1.29 is 4.79 Å². The molecule has 3 aromatic heterocycles. The number of piperazine rings is 1. The highest BCUT2D eigenvalue weighted by Gasteiger charge is 2.39. The van der Waals surface area contributed by atoms with Crippen molar-refractivity contribution >= 4 is 51.7 Å². The van der Waals surface area contributed by atoms with Crippen LogP contribution in [0.15, 0.2) is 53.6 Å². The predicted octanol–water partition coefficient (Wildman–Crippen LogP) is 6.58. The molecule has 0 radical (unpaired) electrons. The Morgan fingerprint density at radius 2 is 1.84 bits per heavy atom. The van der Waals surface area contributed by atoms with Gasteiger partial charge in [-0.1, -0.05) is 23.7 Å². The van der Waals surface area contributed by atoms with E-state index in [4.69, 9.17) is 11.6 Å². The maximum absolute atomic E-state index is 13.4. The van der Waals surface area contributed by atoms with Crippen LogP contribution in [0.5, 0.6) is 0 Å². The average molecular weight is 615 g/mol. The largest absolute Gasteiger partial charge is 0.368 e. The standard InChI is InChI=1S/C33H35ClN6O2S/c1-19-4-8-24(29(34)30(19)37-32(41)27-16-25-20-5-6-21(14-20)31(25)43-27)22-15-26(33(42)39(3)18-22)36-28-9-7-23(17-35-28)40-12-10-38(2)11-13-40/h4,7-9,15-18,20-21H,5-6,10-14H2,1-3H3,(H,35,36)(H,37,41). The number of benzene rings is 1. The summed E-state index contributed by atoms with van der Waals surface area (Å²) in [5.41, 5.74) is 5.61. The maximum Gasteiger partial charge on any atom is 0.274 e. The first-order chi connectivity index (χ1) is 20.7. The van der Waals surface area contributed by atoms with Crippen LogP contribution in [0.4, 0.5) is 22.9 Å². The fourth-order valence-corrected chi connectivity index (χ4v) is 8.35. The van der Waals surface area contributed by atoms with Crippen LogP contribution < -0.4 is 21.1 Å². The number of nitrogens with one attached hydrogen (secondary N) is 2. The zero-order valence-electron chi connectivity index (χ0n) is 24.6. The van der Waals surface area contributed by atoms with E-state index in [0.29, 0.717) is 34.1 Å². The molecule has 2 fully saturated rings. The van der Waals surface area contributed by atoms with E-state index in [1.165, 1.54) is 34.3 Å². The number of fused-ring (bicyclic) bond motifs is 5. The Kier molecular flexibility index (Phi) is 7.27. The van der Waals surface area contributed by atoms with Gasteiger partial charge in [0.25, 0.3) is 11.5 Å². The van der Waals surface area contributed by atoms with Gasteiger partial charge in [0.2, 0.25) is 0 Å². The predicted molar refractivity (Wildman–Crippen MR) is 176 cm³/mol. The summed E-state index contributed by atoms with van der Waals surface area (Å²) in [6.07, 6.45) is 7.32. The number of pyridine rings is 2. The molecule has 3 aliphatic rings. The normalized spacial score (nSPS) is 19.5. The highest BCUT2D eigenvalue weighted by molar-refractivity contribution is 7.14. The number of rotatable bonds is 6. The molecule has 2 atom stereocenters. The third-order valence-electron chi connectivity index (χ3n) is 9.22. The van der Waals surface area contributed by atoms with Gasteiger partial charge in [-0.3, -0.25) is 9.59 Å². The molecule has 2 N–H and O–H groups in total. The van der Waals surface area contributed by atoms with Crippen LogP contribution in [-0.4, -0.2) is 53.6 Å². The Bertz CT molecular complexity index is 1750. The summed E-state index contributed by atoms with van der Waals surface area (Å²) >= 11 is 8.61. The van der Waals surface area contributed by atoms with Crippen molar-refractivity contribution in [3.8, 4) is 11.1 Å². The molecule has 2 unspecified atom stereocenters. The Morgan fingerprint density at radius 1 is 1.05 bits per heavy atom. The third kappa shape index (κ3) is 5.24. The number of halogens is 1. The van der Waals surface area contributed by atoms with Crippen LogP contribution in [0.1, 0.15) is 56.8 Å². The minimum Gasteiger partial charge on any atom is -0.368 e. The molecule has 43 heavy (non-hydrogen) atoms. The van der Waals surface area contributed by atoms with Crippen molar-refractivity contribution in [2.75, 3.05) is 48.8 Å². The van der Waals surface area contributed by atoms with Crippen LogP contribution in [0, 0.1) is 6.92 Å². The zero-order chi connectivity index (χ0) is 29.8. The molecule has 0 spiro atoms. The van der Waals surface area contributed by atoms with Gasteiger partial charge in [-0.25, -0.2) is 4.98 Å². The number of carbonyl (C=O) groups excluding carboxylic acids is 1. The third-order valence-corrected chi connectivity index (χ3v) is 10.9. The monoisotopic (exact) mass is 614 g/mol. The summed E-state index contributed by atoms with van der Waals surface area (Å²) < 4.78 is 1.53. The highest BCUT2D eigenvalue weighted by Crippen LogP contribution is 2.56. The fourth-order valence-electron chi connectivity index (χ4n) is 6.69. The lowest BCUT2D eigenvalue weighted by atomic mass is 9.99. The molecule has 1 amide bonds. The van der Waals surface area contributed by atoms with Crippen molar-refractivity contribution in [2.45, 2.75) is 38.0 Å². The molecule has 4 heterocycles. The van der Waals surface area contributed by atoms with E-state index in [9.17, 15) is 9.59 Å². The molecular formula is C33H35ClN6O2S. The van der Waals surface area contributed by atoms with Gasteiger partial charge in [0, 0.05) is 55.4 Å². The topological polar surface area (TPSA) is 82.5 Å². The Hall–Kier alpha value is -3.66. The first kappa shape index (κ1) is 28.1. The molecule has 1 aromatic carbocycles. The highest BCUT2D eigenvalue weighted by atomic mass is 35.5. The van der Waals surface area contributed by atoms with Gasteiger partial charge in [0.05, 0.1) is 27.5 Å². The number of hydrogen-bond acceptors (Lipinski definition) is 7. The number of aromatic nitrogens is 2. The van der Waals surface area contributed by atoms with Gasteiger partial charge in [-0.15, -0.1) is 11.3 Å². The summed E-state index contributed by atoms with van der Waals surface area (Å²) in [4.78, 5) is 37.8. The number of anilines is 4. The number of aryl methyl sites for hydroxylation is 2. The summed E-state index contributed by atoms with van der Waals surface area (Å²) in [5.74, 6) is 1.70. The number of carbonyl (C=O) groups is 1. The lowest BCUT2D eigenvalue weighted by molar-refractivity contribution is 0.103. The van der Waals surface area contributed by atoms with Gasteiger partial charge in [0.1, 0.15) is 11.5 Å². The Balaban J connectivity index is 1.13. The minimum atomic E-state index is -0.176. The molecule has 10 heteroatoms. The minimum absolute atomic E-state index is 0.130. The van der Waals surface area contributed by atoms with Gasteiger partial charge < -0.3 is 25.0 Å². The smallest absolute Gasteiger partial charge is 0.274 e. The van der Waals surface area contributed by atoms with Crippen molar-refractivity contribution in [1.29, 1.82) is 0 Å². The van der Waals surface area contributed by atoms with E-state index in [1.807, 2.05) is 37.4 Å². The van der Waals surface area contributed by atoms with Gasteiger partial charge >= 0.3 is 0 Å². The van der Waals surface area contributed by atoms with E-state index in [-0.39, 0.29) is 11.5 Å². The molecule has 8 nitrogen and oxygen atoms in total. The molecule has 7 rings (SSSR count). The first-order valence-electron chi connectivity index (χ1n) is 14.9. The van der Waals surface area contributed by atoms with Gasteiger partial charge in [0.15, 0.2) is 0 Å². The molecular weight excluding hydrogens is 580 g/mol. The Labute approximate surface area is 260 Å². The van der Waals surface area contributed by atoms with E-state index < -0.39 is 0 Å². The molecule has 2 bridgehead atoms. The molecule has 222 valence electrons. The molecule has 1 saturated carbocycles. The zero-order valence-corrected chi connectivity index (χ0v) is 26.2. The number of thiophene rings is 1. The summed E-state index contributed by atoms with van der Waals surface area (Å²) in [6.45, 7) is 5.90. The van der Waals surface area contributed by atoms with Gasteiger partial charge in [-0.05, 0) is 80.5 Å². The summed E-state index contributed by atoms with van der Waals surface area (Å²) in [6, 6.07) is 11.7. The molecule has 4 aromatic rings. The van der Waals surface area contributed by atoms with Crippen LogP contribution >= 0.6 is 22.9 Å². The summed E-state index contributed by atoms with van der Waals surface area (Å²) in [7, 11) is 3.85. The second kappa shape index (κ2) is 11.1. The van der Waals surface area contributed by atoms with Crippen molar-refractivity contribution in [3.05, 3.63) is 85.0 Å². The molecule has 2 aliphatic carbocycles. The van der Waals surface area contributed by atoms with E-state index in [2.05, 4.69) is 38.5 Å². The number of amides is 1. The Morgan fingerprint density at radius 3 is 2.58 bits per heavy atom. The fraction of sp³-hybridized carbons (Fsp3) is 0.364. The second-order valence-electron chi connectivity index (χ2n) is 12.1. The van der Waals surface area contributed by atoms with E-state index in [1.54, 1.807) is 30.6 Å². The quantitative estimate of drug-likeness (QED) is 0.255. The lowest BCUT2D eigenvalue weighted by Gasteiger charge is -2.33. The molecule has 1 aliphatic heterocycles. The maximum atomic E-state index is 13.4. The van der Waals surface area contributed by atoms with Crippen LogP contribution in [0.3, 0.4) is 0 Å². The van der Waals surface area contributed by atoms with Crippen LogP contribution in [0.25, 0.3) is 11.1 Å². The molecule has 1 saturated heterocycles. The van der Waals surface area contributed by atoms with Crippen molar-refractivity contribution in [3.63, 3.8) is 0 Å². The van der Waals surface area contributed by atoms with Crippen LogP contribution in [0.2, 0.25) is 5.02 Å².